The zero-order valence-electron chi connectivity index (χ0n) is 42.1. The van der Waals surface area contributed by atoms with Crippen LogP contribution in [0.1, 0.15) is 136 Å². The van der Waals surface area contributed by atoms with Crippen molar-refractivity contribution in [1.82, 2.24) is 0 Å². The number of para-hydroxylation sites is 1. The standard InChI is InChI=1S/C59H60BN3O/c1-35-29-46-52(51-36(2)31-39(32-37(51)3)57(7,8)9)45-33-40(61-12)21-26-47(45)60-53(46)48(30-35)62(42-24-25-44-43-17-13-14-18-49(43)64-50(44)34-42)54-55(60)63(59(11)28-16-15-27-58(54,59)10)41-22-19-38(20-23-41)56(4,5)6/h13-14,17-26,29-34,52H,15-16,27-28H2,1-11H3/i1D3. The summed E-state index contributed by atoms with van der Waals surface area (Å²) in [7, 11) is 0. The van der Waals surface area contributed by atoms with Crippen LogP contribution in [0.4, 0.5) is 22.7 Å². The second-order valence-corrected chi connectivity index (χ2v) is 21.9. The monoisotopic (exact) mass is 841 g/mol. The molecule has 0 amide bonds. The van der Waals surface area contributed by atoms with Gasteiger partial charge in [0, 0.05) is 60.6 Å². The van der Waals surface area contributed by atoms with Crippen molar-refractivity contribution in [1.29, 1.82) is 0 Å². The highest BCUT2D eigenvalue weighted by Gasteiger charge is 2.64. The Morgan fingerprint density at radius 2 is 1.42 bits per heavy atom. The third-order valence-electron chi connectivity index (χ3n) is 16.0. The molecule has 1 fully saturated rings. The first kappa shape index (κ1) is 37.4. The second-order valence-electron chi connectivity index (χ2n) is 21.9. The van der Waals surface area contributed by atoms with E-state index in [0.29, 0.717) is 11.3 Å². The molecule has 6 aromatic carbocycles. The number of aryl methyl sites for hydroxylation is 3. The molecule has 64 heavy (non-hydrogen) atoms. The Morgan fingerprint density at radius 3 is 2.12 bits per heavy atom. The zero-order valence-corrected chi connectivity index (χ0v) is 39.1. The summed E-state index contributed by atoms with van der Waals surface area (Å²) in [4.78, 5) is 9.23. The van der Waals surface area contributed by atoms with Crippen LogP contribution in [0, 0.1) is 32.7 Å². The van der Waals surface area contributed by atoms with Crippen LogP contribution < -0.4 is 20.7 Å². The van der Waals surface area contributed by atoms with Crippen LogP contribution in [-0.4, -0.2) is 12.3 Å². The predicted molar refractivity (Wildman–Crippen MR) is 270 cm³/mol. The summed E-state index contributed by atoms with van der Waals surface area (Å²) >= 11 is 0. The maximum absolute atomic E-state index is 9.14. The first-order valence-electron chi connectivity index (χ1n) is 24.8. The third-order valence-corrected chi connectivity index (χ3v) is 16.0. The molecule has 0 N–H and O–H groups in total. The van der Waals surface area contributed by atoms with Gasteiger partial charge in [-0.2, -0.15) is 0 Å². The molecule has 7 aromatic rings. The maximum atomic E-state index is 9.14. The molecule has 5 heteroatoms. The third kappa shape index (κ3) is 5.66. The molecule has 11 rings (SSSR count). The number of hydrogen-bond donors (Lipinski definition) is 0. The van der Waals surface area contributed by atoms with Crippen LogP contribution in [0.2, 0.25) is 0 Å². The van der Waals surface area contributed by atoms with E-state index in [2.05, 4.69) is 163 Å². The molecule has 0 saturated heterocycles. The van der Waals surface area contributed by atoms with Gasteiger partial charge in [0.05, 0.1) is 12.1 Å². The number of hydrogen-bond acceptors (Lipinski definition) is 3. The summed E-state index contributed by atoms with van der Waals surface area (Å²) in [6, 6.07) is 39.1. The average molecular weight is 841 g/mol. The van der Waals surface area contributed by atoms with Crippen molar-refractivity contribution in [3.63, 3.8) is 0 Å². The van der Waals surface area contributed by atoms with Crippen molar-refractivity contribution in [3.8, 4) is 0 Å². The lowest BCUT2D eigenvalue weighted by Gasteiger charge is -2.52. The second kappa shape index (κ2) is 13.8. The van der Waals surface area contributed by atoms with Crippen LogP contribution >= 0.6 is 0 Å². The van der Waals surface area contributed by atoms with Gasteiger partial charge in [0.1, 0.15) is 11.2 Å². The van der Waals surface area contributed by atoms with Crippen LogP contribution in [0.25, 0.3) is 26.8 Å². The SMILES string of the molecule is [2H]C([2H])([2H])c1cc2c3c(c1)N(c1ccc4c(c1)oc1ccccc14)C1=C(B3c3ccc([N+]#[C-])cc3C2c2c(C)cc(C(C)(C)C)cc2C)N(c2ccc(C(C)(C)C)cc2)C2(C)CCCCC12C. The van der Waals surface area contributed by atoms with E-state index in [4.69, 9.17) is 15.1 Å². The van der Waals surface area contributed by atoms with Crippen molar-refractivity contribution in [3.05, 3.63) is 176 Å². The predicted octanol–water partition coefficient (Wildman–Crippen LogP) is 14.5. The lowest BCUT2D eigenvalue weighted by Crippen LogP contribution is -2.60. The number of rotatable bonds is 3. The van der Waals surface area contributed by atoms with Crippen LogP contribution in [0.3, 0.4) is 0 Å². The molecule has 4 aliphatic rings. The van der Waals surface area contributed by atoms with Crippen LogP contribution in [0.15, 0.2) is 125 Å². The minimum absolute atomic E-state index is 0.0121. The molecule has 0 bridgehead atoms. The topological polar surface area (TPSA) is 24.0 Å². The molecule has 3 atom stereocenters. The quantitative estimate of drug-likeness (QED) is 0.131. The van der Waals surface area contributed by atoms with E-state index in [-0.39, 0.29) is 34.4 Å². The Labute approximate surface area is 385 Å². The van der Waals surface area contributed by atoms with E-state index in [1.807, 2.05) is 30.3 Å². The summed E-state index contributed by atoms with van der Waals surface area (Å²) in [5, 5.41) is 2.13. The van der Waals surface area contributed by atoms with Crippen molar-refractivity contribution in [2.24, 2.45) is 5.41 Å². The van der Waals surface area contributed by atoms with Crippen molar-refractivity contribution in [2.45, 2.75) is 124 Å². The Morgan fingerprint density at radius 1 is 0.734 bits per heavy atom. The molecular formula is C59H60BN3O. The van der Waals surface area contributed by atoms with Gasteiger partial charge in [-0.05, 0) is 132 Å². The van der Waals surface area contributed by atoms with E-state index < -0.39 is 6.85 Å². The number of furan rings is 1. The van der Waals surface area contributed by atoms with E-state index >= 15 is 0 Å². The number of fused-ring (bicyclic) bond motifs is 8. The molecule has 3 aliphatic heterocycles. The summed E-state index contributed by atoms with van der Waals surface area (Å²) in [6.07, 6.45) is 4.16. The Kier molecular flexibility index (Phi) is 8.04. The summed E-state index contributed by atoms with van der Waals surface area (Å²) in [5.41, 5.74) is 17.7. The molecular weight excluding hydrogens is 777 g/mol. The molecule has 1 saturated carbocycles. The summed E-state index contributed by atoms with van der Waals surface area (Å²) < 4.78 is 34.1. The molecule has 4 heterocycles. The number of nitrogens with zero attached hydrogens (tertiary/aromatic N) is 3. The van der Waals surface area contributed by atoms with Crippen molar-refractivity contribution >= 4 is 62.3 Å². The Hall–Kier alpha value is -5.99. The van der Waals surface area contributed by atoms with E-state index in [1.54, 1.807) is 0 Å². The largest absolute Gasteiger partial charge is 0.456 e. The first-order valence-corrected chi connectivity index (χ1v) is 23.3. The Balaban J connectivity index is 1.30. The van der Waals surface area contributed by atoms with Crippen molar-refractivity contribution in [2.75, 3.05) is 9.80 Å². The Bertz CT molecular complexity index is 3280. The molecule has 1 aromatic heterocycles. The average Bonchev–Trinajstić information content (AvgIpc) is 3.75. The molecule has 3 unspecified atom stereocenters. The molecule has 1 aliphatic carbocycles. The van der Waals surface area contributed by atoms with Gasteiger partial charge in [0.25, 0.3) is 6.71 Å². The van der Waals surface area contributed by atoms with Crippen LogP contribution in [0.5, 0.6) is 0 Å². The fourth-order valence-electron chi connectivity index (χ4n) is 12.6. The van der Waals surface area contributed by atoms with Gasteiger partial charge < -0.3 is 14.2 Å². The van der Waals surface area contributed by atoms with Gasteiger partial charge in [-0.3, -0.25) is 0 Å². The smallest absolute Gasteiger partial charge is 0.267 e. The van der Waals surface area contributed by atoms with Gasteiger partial charge in [-0.1, -0.05) is 139 Å². The maximum Gasteiger partial charge on any atom is 0.267 e. The van der Waals surface area contributed by atoms with E-state index in [0.717, 1.165) is 92.4 Å². The zero-order chi connectivity index (χ0) is 47.3. The molecule has 320 valence electrons. The molecule has 0 radical (unpaired) electrons. The van der Waals surface area contributed by atoms with Gasteiger partial charge in [0.15, 0.2) is 5.69 Å². The summed E-state index contributed by atoms with van der Waals surface area (Å²) in [5.74, 6) is -0.325. The van der Waals surface area contributed by atoms with Crippen LogP contribution in [-0.2, 0) is 10.8 Å². The number of anilines is 3. The lowest BCUT2D eigenvalue weighted by molar-refractivity contribution is 0.149. The highest BCUT2D eigenvalue weighted by molar-refractivity contribution is 6.94. The first-order chi connectivity index (χ1) is 31.6. The van der Waals surface area contributed by atoms with Crippen molar-refractivity contribution < 1.29 is 8.53 Å². The minimum atomic E-state index is -2.40. The number of benzene rings is 6. The minimum Gasteiger partial charge on any atom is -0.456 e. The molecule has 0 spiro atoms. The van der Waals surface area contributed by atoms with E-state index in [1.165, 1.54) is 33.4 Å². The summed E-state index contributed by atoms with van der Waals surface area (Å²) in [6.45, 7) is 28.7. The van der Waals surface area contributed by atoms with Gasteiger partial charge in [-0.25, -0.2) is 4.85 Å². The van der Waals surface area contributed by atoms with Gasteiger partial charge in [-0.15, -0.1) is 0 Å². The van der Waals surface area contributed by atoms with E-state index in [9.17, 15) is 0 Å². The highest BCUT2D eigenvalue weighted by Crippen LogP contribution is 2.64. The van der Waals surface area contributed by atoms with Gasteiger partial charge >= 0.3 is 0 Å². The molecule has 4 nitrogen and oxygen atoms in total. The fourth-order valence-corrected chi connectivity index (χ4v) is 12.6. The normalized spacial score (nSPS) is 22.4. The lowest BCUT2D eigenvalue weighted by atomic mass is 9.32. The highest BCUT2D eigenvalue weighted by atomic mass is 16.3. The van der Waals surface area contributed by atoms with Gasteiger partial charge in [0.2, 0.25) is 0 Å². The fraction of sp³-hybridized carbons (Fsp3) is 0.339.